The lowest BCUT2D eigenvalue weighted by Crippen LogP contribution is -2.58. The van der Waals surface area contributed by atoms with Crippen molar-refractivity contribution >= 4 is 56.6 Å². The summed E-state index contributed by atoms with van der Waals surface area (Å²) in [5.41, 5.74) is 6.13. The lowest BCUT2D eigenvalue weighted by atomic mass is 9.77. The normalized spacial score (nSPS) is 15.7. The van der Waals surface area contributed by atoms with Gasteiger partial charge in [0.2, 0.25) is 33.7 Å². The Hall–Kier alpha value is -6.21. The molecule has 4 N–H and O–H groups in total. The molecule has 1 fully saturated rings. The number of benzene rings is 3. The fourth-order valence-electron chi connectivity index (χ4n) is 8.66. The van der Waals surface area contributed by atoms with Crippen molar-refractivity contribution in [1.82, 2.24) is 35.4 Å². The number of hydrogen-bond donors (Lipinski definition) is 4. The van der Waals surface area contributed by atoms with Crippen LogP contribution in [0, 0.1) is 23.7 Å². The molecule has 75 heavy (non-hydrogen) atoms. The second kappa shape index (κ2) is 25.6. The standard InChI is InChI=1S/C54H68ClN9O9S2/c1-34-48(74-33-59-34)36-15-13-35(14-16-36)45(63(7)8)29-58-50(67)44-27-41(65)30-64(44)51(68)49(53(2,3)4)61-46(66)32-71-23-11-10-12-24-72-47-37(28-56)25-39(26-43(47)55)54(5,6)38-17-19-42(20-18-38)73-31-40-21-22-57-52(60-40)62-75(9,69)70/h13-22,25-26,33,41,44-45,49,65H,10-12,23-24,27,29-32H2,1-9H3,(H,58,67)(H,61,66)(H,57,60,62)/t41-,44-,45+,49-/m1/s1. The number of nitriles is 1. The molecule has 21 heteroatoms. The monoisotopic (exact) mass is 1090 g/mol. The lowest BCUT2D eigenvalue weighted by Gasteiger charge is -2.35. The zero-order valence-corrected chi connectivity index (χ0v) is 46.4. The van der Waals surface area contributed by atoms with Gasteiger partial charge in [-0.15, -0.1) is 11.3 Å². The minimum atomic E-state index is -3.53. The Morgan fingerprint density at radius 3 is 2.32 bits per heavy atom. The average Bonchev–Trinajstić information content (AvgIpc) is 3.97. The number of ether oxygens (including phenoxy) is 3. The molecule has 6 rings (SSSR count). The highest BCUT2D eigenvalue weighted by Gasteiger charge is 2.44. The Morgan fingerprint density at radius 2 is 1.68 bits per heavy atom. The van der Waals surface area contributed by atoms with Crippen LogP contribution in [0.1, 0.15) is 100.0 Å². The Labute approximate surface area is 449 Å². The molecule has 402 valence electrons. The highest BCUT2D eigenvalue weighted by molar-refractivity contribution is 7.92. The quantitative estimate of drug-likeness (QED) is 0.0448. The summed E-state index contributed by atoms with van der Waals surface area (Å²) >= 11 is 8.34. The molecule has 2 aromatic heterocycles. The van der Waals surface area contributed by atoms with Gasteiger partial charge in [-0.05, 0) is 98.3 Å². The molecule has 0 aliphatic carbocycles. The van der Waals surface area contributed by atoms with Crippen LogP contribution in [-0.4, -0.2) is 127 Å². The van der Waals surface area contributed by atoms with Crippen molar-refractivity contribution in [3.63, 3.8) is 0 Å². The number of anilines is 1. The van der Waals surface area contributed by atoms with E-state index in [1.54, 1.807) is 29.5 Å². The summed E-state index contributed by atoms with van der Waals surface area (Å²) in [5.74, 6) is -0.482. The summed E-state index contributed by atoms with van der Waals surface area (Å²) in [6, 6.07) is 21.0. The number of aliphatic hydroxyl groups excluding tert-OH is 1. The zero-order valence-electron chi connectivity index (χ0n) is 44.0. The average molecular weight is 1090 g/mol. The van der Waals surface area contributed by atoms with Crippen LogP contribution in [0.2, 0.25) is 5.02 Å². The van der Waals surface area contributed by atoms with Gasteiger partial charge in [0.1, 0.15) is 37.1 Å². The predicted octanol–water partition coefficient (Wildman–Crippen LogP) is 7.19. The highest BCUT2D eigenvalue weighted by Crippen LogP contribution is 2.39. The third kappa shape index (κ3) is 15.9. The molecule has 0 bridgehead atoms. The minimum absolute atomic E-state index is 0.0379. The predicted molar refractivity (Wildman–Crippen MR) is 289 cm³/mol. The molecule has 1 aliphatic heterocycles. The molecule has 4 atom stereocenters. The number of aromatic nitrogens is 3. The van der Waals surface area contributed by atoms with Crippen molar-refractivity contribution in [3.05, 3.63) is 117 Å². The number of hydrogen-bond acceptors (Lipinski definition) is 15. The topological polar surface area (TPSA) is 238 Å². The van der Waals surface area contributed by atoms with Gasteiger partial charge in [-0.25, -0.2) is 23.4 Å². The van der Waals surface area contributed by atoms with Crippen molar-refractivity contribution in [2.45, 2.75) is 103 Å². The van der Waals surface area contributed by atoms with Crippen LogP contribution in [-0.2, 0) is 41.2 Å². The van der Waals surface area contributed by atoms with Gasteiger partial charge in [-0.1, -0.05) is 82.6 Å². The van der Waals surface area contributed by atoms with Gasteiger partial charge >= 0.3 is 0 Å². The van der Waals surface area contributed by atoms with Crippen LogP contribution in [0.15, 0.2) is 78.4 Å². The van der Waals surface area contributed by atoms with Gasteiger partial charge in [0.15, 0.2) is 5.75 Å². The number of likely N-dealkylation sites (N-methyl/N-ethyl adjacent to an activating group) is 1. The van der Waals surface area contributed by atoms with Crippen molar-refractivity contribution in [3.8, 4) is 28.0 Å². The maximum atomic E-state index is 14.2. The smallest absolute Gasteiger partial charge is 0.246 e. The van der Waals surface area contributed by atoms with E-state index in [-0.39, 0.29) is 57.2 Å². The number of aryl methyl sites for hydroxylation is 1. The van der Waals surface area contributed by atoms with E-state index in [0.717, 1.165) is 39.1 Å². The first-order chi connectivity index (χ1) is 35.4. The number of thiazole rings is 1. The van der Waals surface area contributed by atoms with E-state index < -0.39 is 50.9 Å². The highest BCUT2D eigenvalue weighted by atomic mass is 35.5. The van der Waals surface area contributed by atoms with Crippen LogP contribution in [0.3, 0.4) is 0 Å². The summed E-state index contributed by atoms with van der Waals surface area (Å²) < 4.78 is 43.0. The van der Waals surface area contributed by atoms with Crippen molar-refractivity contribution in [2.75, 3.05) is 58.0 Å². The Bertz CT molecular complexity index is 2920. The number of carbonyl (C=O) groups is 3. The molecular weight excluding hydrogens is 1020 g/mol. The van der Waals surface area contributed by atoms with E-state index in [9.17, 15) is 33.2 Å². The molecule has 0 spiro atoms. The molecule has 0 radical (unpaired) electrons. The minimum Gasteiger partial charge on any atom is -0.491 e. The fourth-order valence-corrected chi connectivity index (χ4v) is 10.2. The molecule has 0 unspecified atom stereocenters. The number of aliphatic hydroxyl groups is 1. The molecule has 18 nitrogen and oxygen atoms in total. The number of β-amino-alcohol motifs (C(OH)–C–C–N with tert-alkyl or cyclic N) is 1. The van der Waals surface area contributed by atoms with E-state index >= 15 is 0 Å². The first kappa shape index (κ1) is 58.1. The van der Waals surface area contributed by atoms with Crippen LogP contribution in [0.25, 0.3) is 10.4 Å². The summed E-state index contributed by atoms with van der Waals surface area (Å²) in [7, 11) is 0.347. The SMILES string of the molecule is Cc1ncsc1-c1ccc([C@H](CNC(=O)[C@H]2C[C@@H](O)CN2C(=O)[C@@H](NC(=O)COCCCCCOc2c(Cl)cc(C(C)(C)c3ccc(OCc4ccnc(NS(C)(=O)=O)n4)cc3)cc2C#N)C(C)(C)C)N(C)C)cc1. The van der Waals surface area contributed by atoms with Gasteiger partial charge in [-0.2, -0.15) is 5.26 Å². The van der Waals surface area contributed by atoms with Crippen LogP contribution in [0.4, 0.5) is 5.95 Å². The summed E-state index contributed by atoms with van der Waals surface area (Å²) in [6.07, 6.45) is 3.58. The number of halogens is 1. The third-order valence-electron chi connectivity index (χ3n) is 12.9. The van der Waals surface area contributed by atoms with E-state index in [0.29, 0.717) is 53.6 Å². The number of nitrogens with zero attached hydrogens (tertiary/aromatic N) is 6. The first-order valence-electron chi connectivity index (χ1n) is 24.6. The van der Waals surface area contributed by atoms with Crippen LogP contribution >= 0.6 is 22.9 Å². The number of nitrogens with one attached hydrogen (secondary N) is 3. The Kier molecular flexibility index (Phi) is 19.8. The number of unbranched alkanes of at least 4 members (excludes halogenated alkanes) is 2. The van der Waals surface area contributed by atoms with Gasteiger partial charge < -0.3 is 39.8 Å². The zero-order chi connectivity index (χ0) is 54.7. The van der Waals surface area contributed by atoms with Gasteiger partial charge in [0.25, 0.3) is 0 Å². The Morgan fingerprint density at radius 1 is 0.973 bits per heavy atom. The molecule has 3 amide bonds. The van der Waals surface area contributed by atoms with E-state index in [1.807, 2.05) is 102 Å². The van der Waals surface area contributed by atoms with Gasteiger partial charge in [0, 0.05) is 37.7 Å². The van der Waals surface area contributed by atoms with Crippen molar-refractivity contribution < 1.29 is 42.1 Å². The van der Waals surface area contributed by atoms with E-state index in [2.05, 4.69) is 48.5 Å². The largest absolute Gasteiger partial charge is 0.491 e. The summed E-state index contributed by atoms with van der Waals surface area (Å²) in [4.78, 5) is 58.1. The lowest BCUT2D eigenvalue weighted by molar-refractivity contribution is -0.144. The first-order valence-corrected chi connectivity index (χ1v) is 27.8. The summed E-state index contributed by atoms with van der Waals surface area (Å²) in [6.45, 7) is 12.1. The van der Waals surface area contributed by atoms with Crippen molar-refractivity contribution in [2.24, 2.45) is 5.41 Å². The number of amides is 3. The molecular formula is C54H68ClN9O9S2. The van der Waals surface area contributed by atoms with E-state index in [4.69, 9.17) is 25.8 Å². The molecule has 1 aliphatic rings. The number of carbonyl (C=O) groups excluding carboxylic acids is 3. The van der Waals surface area contributed by atoms with Crippen molar-refractivity contribution in [1.29, 1.82) is 5.26 Å². The maximum Gasteiger partial charge on any atom is 0.246 e. The van der Waals surface area contributed by atoms with Gasteiger partial charge in [-0.3, -0.25) is 19.1 Å². The number of likely N-dealkylation sites (tertiary alicyclic amines) is 1. The second-order valence-electron chi connectivity index (χ2n) is 20.5. The molecule has 0 saturated carbocycles. The van der Waals surface area contributed by atoms with Crippen LogP contribution in [0.5, 0.6) is 11.5 Å². The third-order valence-corrected chi connectivity index (χ3v) is 14.7. The second-order valence-corrected chi connectivity index (χ2v) is 23.5. The van der Waals surface area contributed by atoms with Gasteiger partial charge in [0.05, 0.1) is 57.4 Å². The molecule has 3 heterocycles. The number of sulfonamides is 1. The molecule has 1 saturated heterocycles. The summed E-state index contributed by atoms with van der Waals surface area (Å²) in [5, 5.41) is 27.0. The maximum absolute atomic E-state index is 14.2. The number of rotatable bonds is 24. The van der Waals surface area contributed by atoms with Crippen LogP contribution < -0.4 is 24.8 Å². The Balaban J connectivity index is 0.934. The molecule has 5 aromatic rings. The van der Waals surface area contributed by atoms with E-state index in [1.165, 1.54) is 11.1 Å². The fraction of sp³-hybridized carbons (Fsp3) is 0.463. The molecule has 3 aromatic carbocycles.